The number of aliphatic hydroxyl groups is 3. The predicted molar refractivity (Wildman–Crippen MR) is 165 cm³/mol. The second kappa shape index (κ2) is 11.5. The molecule has 2 amide bonds. The molecule has 0 aliphatic heterocycles. The minimum absolute atomic E-state index is 0.000477. The van der Waals surface area contributed by atoms with E-state index in [2.05, 4.69) is 10.5 Å². The average molecular weight is 659 g/mol. The van der Waals surface area contributed by atoms with E-state index >= 15 is 0 Å². The summed E-state index contributed by atoms with van der Waals surface area (Å²) in [6, 6.07) is 7.35. The Hall–Kier alpha value is -5.80. The zero-order valence-corrected chi connectivity index (χ0v) is 25.8. The maximum absolute atomic E-state index is 14.1. The van der Waals surface area contributed by atoms with E-state index in [1.165, 1.54) is 68.7 Å². The third-order valence-electron chi connectivity index (χ3n) is 9.19. The first-order valence-corrected chi connectivity index (χ1v) is 14.7. The number of hydrogen-bond acceptors (Lipinski definition) is 13. The van der Waals surface area contributed by atoms with Gasteiger partial charge in [0, 0.05) is 23.2 Å². The number of nitrogens with two attached hydrogens (primary N) is 1. The van der Waals surface area contributed by atoms with Crippen molar-refractivity contribution < 1.29 is 53.7 Å². The minimum atomic E-state index is -2.77. The number of carbonyl (C=O) groups is 5. The molecule has 15 heteroatoms. The van der Waals surface area contributed by atoms with Gasteiger partial charge in [0.15, 0.2) is 11.4 Å². The number of anilines is 1. The molecule has 2 aromatic carbocycles. The van der Waals surface area contributed by atoms with Gasteiger partial charge in [0.05, 0.1) is 30.5 Å². The standard InChI is InChI=1S/C33H30N4O11/c1-37(2)25-19-12-14-11-18-17(13-8-15(32(45)47-3)10-16(9-13)36-31(44)21-6-7-35-48-21)4-5-20(38)23(18)26(39)22(14)28(41)33(19,46)29(42)24(27(25)40)30(34)43/h4-10,14,19,25,38,40-41,46H,11-12H2,1-3H3,(H2,34,43)(H,36,44). The summed E-state index contributed by atoms with van der Waals surface area (Å²) in [5.41, 5.74) is 2.46. The number of ether oxygens (including phenoxy) is 1. The van der Waals surface area contributed by atoms with Gasteiger partial charge in [-0.25, -0.2) is 4.79 Å². The van der Waals surface area contributed by atoms with Gasteiger partial charge in [-0.2, -0.15) is 0 Å². The molecule has 4 unspecified atom stereocenters. The van der Waals surface area contributed by atoms with Crippen LogP contribution in [-0.4, -0.2) is 92.7 Å². The molecule has 0 spiro atoms. The quantitative estimate of drug-likeness (QED) is 0.164. The average Bonchev–Trinajstić information content (AvgIpc) is 3.57. The summed E-state index contributed by atoms with van der Waals surface area (Å²) >= 11 is 0. The Labute approximate surface area is 271 Å². The van der Waals surface area contributed by atoms with Crippen LogP contribution in [0.1, 0.15) is 43.3 Å². The Balaban J connectivity index is 1.50. The van der Waals surface area contributed by atoms with E-state index in [1.807, 2.05) is 0 Å². The fraction of sp³-hybridized carbons (Fsp3) is 0.273. The van der Waals surface area contributed by atoms with Crippen molar-refractivity contribution in [2.24, 2.45) is 17.6 Å². The molecule has 248 valence electrons. The number of aromatic nitrogens is 1. The van der Waals surface area contributed by atoms with Gasteiger partial charge in [0.25, 0.3) is 11.8 Å². The molecular formula is C33H30N4O11. The van der Waals surface area contributed by atoms with E-state index in [9.17, 15) is 44.4 Å². The molecule has 15 nitrogen and oxygen atoms in total. The summed E-state index contributed by atoms with van der Waals surface area (Å²) in [4.78, 5) is 66.7. The van der Waals surface area contributed by atoms with Crippen molar-refractivity contribution in [2.75, 3.05) is 26.5 Å². The number of nitrogens with one attached hydrogen (secondary N) is 1. The molecule has 3 aliphatic carbocycles. The molecular weight excluding hydrogens is 628 g/mol. The van der Waals surface area contributed by atoms with E-state index in [0.29, 0.717) is 16.7 Å². The van der Waals surface area contributed by atoms with Crippen LogP contribution in [0.4, 0.5) is 5.69 Å². The first-order chi connectivity index (χ1) is 22.7. The largest absolute Gasteiger partial charge is 0.510 e. The van der Waals surface area contributed by atoms with E-state index in [-0.39, 0.29) is 41.0 Å². The number of aromatic hydroxyl groups is 1. The molecule has 0 fully saturated rings. The highest BCUT2D eigenvalue weighted by atomic mass is 16.5. The number of carbonyl (C=O) groups excluding carboxylic acids is 5. The Bertz CT molecular complexity index is 2000. The van der Waals surface area contributed by atoms with Crippen molar-refractivity contribution in [3.63, 3.8) is 0 Å². The van der Waals surface area contributed by atoms with Crippen molar-refractivity contribution in [3.8, 4) is 16.9 Å². The normalized spacial score (nSPS) is 23.4. The molecule has 7 N–H and O–H groups in total. The van der Waals surface area contributed by atoms with Crippen LogP contribution in [0.2, 0.25) is 0 Å². The van der Waals surface area contributed by atoms with E-state index in [4.69, 9.17) is 15.0 Å². The van der Waals surface area contributed by atoms with Crippen molar-refractivity contribution >= 4 is 35.0 Å². The second-order valence-corrected chi connectivity index (χ2v) is 12.1. The molecule has 0 radical (unpaired) electrons. The number of hydrogen-bond donors (Lipinski definition) is 6. The van der Waals surface area contributed by atoms with Crippen LogP contribution in [0.25, 0.3) is 11.1 Å². The maximum atomic E-state index is 14.1. The van der Waals surface area contributed by atoms with Gasteiger partial charge in [-0.15, -0.1) is 0 Å². The molecule has 4 atom stereocenters. The zero-order valence-electron chi connectivity index (χ0n) is 25.8. The summed E-state index contributed by atoms with van der Waals surface area (Å²) in [5, 5.41) is 51.4. The van der Waals surface area contributed by atoms with E-state index < -0.39 is 75.7 Å². The summed E-state index contributed by atoms with van der Waals surface area (Å²) in [5.74, 6) is -9.15. The number of aliphatic hydroxyl groups excluding tert-OH is 2. The molecule has 3 aromatic rings. The van der Waals surface area contributed by atoms with Crippen molar-refractivity contribution in [1.82, 2.24) is 10.1 Å². The molecule has 3 aliphatic rings. The first-order valence-electron chi connectivity index (χ1n) is 14.7. The van der Waals surface area contributed by atoms with Gasteiger partial charge in [-0.05, 0) is 73.8 Å². The fourth-order valence-corrected chi connectivity index (χ4v) is 7.14. The van der Waals surface area contributed by atoms with Crippen molar-refractivity contribution in [2.45, 2.75) is 24.5 Å². The lowest BCUT2D eigenvalue weighted by molar-refractivity contribution is -0.148. The van der Waals surface area contributed by atoms with Gasteiger partial charge in [-0.3, -0.25) is 24.1 Å². The summed E-state index contributed by atoms with van der Waals surface area (Å²) in [6.45, 7) is 0. The highest BCUT2D eigenvalue weighted by Crippen LogP contribution is 2.53. The van der Waals surface area contributed by atoms with Crippen LogP contribution < -0.4 is 11.1 Å². The number of fused-ring (bicyclic) bond motifs is 3. The molecule has 1 heterocycles. The summed E-state index contributed by atoms with van der Waals surface area (Å²) < 4.78 is 9.81. The molecule has 6 rings (SSSR count). The second-order valence-electron chi connectivity index (χ2n) is 12.1. The number of amides is 2. The smallest absolute Gasteiger partial charge is 0.337 e. The van der Waals surface area contributed by atoms with Crippen LogP contribution in [0.15, 0.2) is 69.8 Å². The summed E-state index contributed by atoms with van der Waals surface area (Å²) in [7, 11) is 4.26. The third-order valence-corrected chi connectivity index (χ3v) is 9.19. The number of likely N-dealkylation sites (N-methyl/N-ethyl adjacent to an activating group) is 1. The van der Waals surface area contributed by atoms with Gasteiger partial charge in [-0.1, -0.05) is 11.2 Å². The zero-order chi connectivity index (χ0) is 34.8. The number of nitrogens with zero attached hydrogens (tertiary/aromatic N) is 2. The highest BCUT2D eigenvalue weighted by Gasteiger charge is 2.63. The SMILES string of the molecule is COC(=O)c1cc(NC(=O)c2ccno2)cc(-c2ccc(O)c3c2CC2CC4C(N(C)C)C(O)=C(C(N)=O)C(=O)C4(O)C(O)=C2C3=O)c1. The third kappa shape index (κ3) is 4.74. The van der Waals surface area contributed by atoms with Crippen LogP contribution in [0.3, 0.4) is 0 Å². The van der Waals surface area contributed by atoms with Crippen LogP contribution in [-0.2, 0) is 20.7 Å². The number of rotatable bonds is 6. The van der Waals surface area contributed by atoms with Gasteiger partial charge >= 0.3 is 5.97 Å². The summed E-state index contributed by atoms with van der Waals surface area (Å²) in [6.07, 6.45) is 1.18. The Morgan fingerprint density at radius 1 is 1.10 bits per heavy atom. The minimum Gasteiger partial charge on any atom is -0.510 e. The molecule has 0 saturated carbocycles. The van der Waals surface area contributed by atoms with Crippen molar-refractivity contribution in [3.05, 3.63) is 87.7 Å². The number of esters is 1. The molecule has 0 saturated heterocycles. The van der Waals surface area contributed by atoms with Crippen molar-refractivity contribution in [1.29, 1.82) is 0 Å². The number of primary amides is 1. The lowest BCUT2D eigenvalue weighted by Gasteiger charge is -2.50. The predicted octanol–water partition coefficient (Wildman–Crippen LogP) is 1.81. The Morgan fingerprint density at radius 3 is 2.46 bits per heavy atom. The lowest BCUT2D eigenvalue weighted by Crippen LogP contribution is -2.63. The monoisotopic (exact) mass is 658 g/mol. The number of phenols is 1. The molecule has 0 bridgehead atoms. The maximum Gasteiger partial charge on any atom is 0.337 e. The fourth-order valence-electron chi connectivity index (χ4n) is 7.14. The van der Waals surface area contributed by atoms with E-state index in [0.717, 1.165) is 0 Å². The van der Waals surface area contributed by atoms with Gasteiger partial charge in [0.2, 0.25) is 11.5 Å². The van der Waals surface area contributed by atoms with Gasteiger partial charge in [0.1, 0.15) is 22.8 Å². The number of allylic oxidation sites excluding steroid dienone is 1. The number of phenolic OH excluding ortho intramolecular Hbond substituents is 1. The number of ketones is 2. The Kier molecular flexibility index (Phi) is 7.68. The van der Waals surface area contributed by atoms with E-state index in [1.54, 1.807) is 0 Å². The molecule has 48 heavy (non-hydrogen) atoms. The Morgan fingerprint density at radius 2 is 1.83 bits per heavy atom. The number of benzene rings is 2. The van der Waals surface area contributed by atoms with Gasteiger partial charge < -0.3 is 40.7 Å². The highest BCUT2D eigenvalue weighted by molar-refractivity contribution is 6.25. The first kappa shape index (κ1) is 32.2. The topological polar surface area (TPSA) is 243 Å². The lowest BCUT2D eigenvalue weighted by atomic mass is 9.58. The van der Waals surface area contributed by atoms with Crippen LogP contribution in [0.5, 0.6) is 5.75 Å². The van der Waals surface area contributed by atoms with Crippen LogP contribution >= 0.6 is 0 Å². The number of methoxy groups -OCH3 is 1. The van der Waals surface area contributed by atoms with Crippen LogP contribution in [0, 0.1) is 11.8 Å². The number of Topliss-reactive ketones (excluding diaryl/α,β-unsaturated/α-hetero) is 2. The molecule has 1 aromatic heterocycles.